The Morgan fingerprint density at radius 3 is 2.50 bits per heavy atom. The maximum atomic E-state index is 13.0. The van der Waals surface area contributed by atoms with Gasteiger partial charge < -0.3 is 4.74 Å². The van der Waals surface area contributed by atoms with Crippen LogP contribution in [-0.4, -0.2) is 35.6 Å². The van der Waals surface area contributed by atoms with Crippen LogP contribution >= 0.6 is 0 Å². The lowest BCUT2D eigenvalue weighted by atomic mass is 9.96. The number of alkyl halides is 2. The molecule has 0 aliphatic heterocycles. The zero-order chi connectivity index (χ0) is 13.8. The van der Waals surface area contributed by atoms with Gasteiger partial charge in [0, 0.05) is 12.3 Å². The summed E-state index contributed by atoms with van der Waals surface area (Å²) in [5.41, 5.74) is -1.33. The molecule has 102 valence electrons. The number of hydrogen-bond acceptors (Lipinski definition) is 5. The second-order valence-corrected chi connectivity index (χ2v) is 6.11. The molecule has 0 amide bonds. The Bertz CT molecular complexity index is 513. The molecule has 6 nitrogen and oxygen atoms in total. The number of carbonyl (C=O) groups excluding carboxylic acids is 2. The predicted molar refractivity (Wildman–Crippen MR) is 52.3 cm³/mol. The summed E-state index contributed by atoms with van der Waals surface area (Å²) < 4.78 is 59.5. The van der Waals surface area contributed by atoms with Crippen molar-refractivity contribution in [2.75, 3.05) is 0 Å². The molecule has 0 aromatic heterocycles. The van der Waals surface area contributed by atoms with E-state index >= 15 is 0 Å². The van der Waals surface area contributed by atoms with E-state index in [1.54, 1.807) is 0 Å². The highest BCUT2D eigenvalue weighted by atomic mass is 32.2. The first-order chi connectivity index (χ1) is 8.07. The van der Waals surface area contributed by atoms with E-state index in [0.717, 1.165) is 0 Å². The monoisotopic (exact) mass is 284 g/mol. The van der Waals surface area contributed by atoms with Gasteiger partial charge in [-0.25, -0.2) is 4.79 Å². The zero-order valence-corrected chi connectivity index (χ0v) is 9.87. The van der Waals surface area contributed by atoms with Crippen molar-refractivity contribution in [3.05, 3.63) is 0 Å². The maximum Gasteiger partial charge on any atom is 0.465 e. The molecular weight excluding hydrogens is 274 g/mol. The lowest BCUT2D eigenvalue weighted by molar-refractivity contribution is -0.177. The molecule has 9 heteroatoms. The highest BCUT2D eigenvalue weighted by Crippen LogP contribution is 2.48. The van der Waals surface area contributed by atoms with Crippen molar-refractivity contribution in [3.63, 3.8) is 0 Å². The molecule has 2 saturated carbocycles. The average molecular weight is 284 g/mol. The second-order valence-electron chi connectivity index (χ2n) is 4.65. The van der Waals surface area contributed by atoms with Crippen molar-refractivity contribution in [3.8, 4) is 0 Å². The Morgan fingerprint density at radius 1 is 1.50 bits per heavy atom. The molecular formula is C9H10F2O6S. The first-order valence-corrected chi connectivity index (χ1v) is 6.62. The second kappa shape index (κ2) is 3.70. The van der Waals surface area contributed by atoms with Crippen LogP contribution in [0.25, 0.3) is 0 Å². The van der Waals surface area contributed by atoms with Gasteiger partial charge >= 0.3 is 21.3 Å². The summed E-state index contributed by atoms with van der Waals surface area (Å²) in [5, 5.41) is -5.01. The number of halogens is 2. The van der Waals surface area contributed by atoms with Crippen LogP contribution in [0.3, 0.4) is 0 Å². The van der Waals surface area contributed by atoms with Crippen molar-refractivity contribution < 1.29 is 36.1 Å². The fourth-order valence-electron chi connectivity index (χ4n) is 2.48. The smallest absolute Gasteiger partial charge is 0.453 e. The molecule has 2 aliphatic rings. The summed E-state index contributed by atoms with van der Waals surface area (Å²) in [7, 11) is -5.87. The van der Waals surface area contributed by atoms with Gasteiger partial charge in [0.25, 0.3) is 0 Å². The summed E-state index contributed by atoms with van der Waals surface area (Å²) in [6.07, 6.45) is 0.643. The Hall–Kier alpha value is -1.09. The average Bonchev–Trinajstić information content (AvgIpc) is 2.72. The Morgan fingerprint density at radius 2 is 2.11 bits per heavy atom. The molecule has 0 aromatic rings. The number of hydrogen-bond donors (Lipinski definition) is 1. The third-order valence-corrected chi connectivity index (χ3v) is 4.20. The van der Waals surface area contributed by atoms with Crippen molar-refractivity contribution in [2.45, 2.75) is 36.5 Å². The summed E-state index contributed by atoms with van der Waals surface area (Å²) in [4.78, 5) is 22.5. The van der Waals surface area contributed by atoms with Crippen molar-refractivity contribution in [1.29, 1.82) is 0 Å². The highest BCUT2D eigenvalue weighted by molar-refractivity contribution is 7.87. The molecule has 2 rings (SSSR count). The number of fused-ring (bicyclic) bond motifs is 2. The third-order valence-electron chi connectivity index (χ3n) is 3.39. The molecule has 0 aromatic carbocycles. The third kappa shape index (κ3) is 1.91. The van der Waals surface area contributed by atoms with Gasteiger partial charge in [0.15, 0.2) is 0 Å². The summed E-state index contributed by atoms with van der Waals surface area (Å²) in [6, 6.07) is 0. The fourth-order valence-corrected chi connectivity index (χ4v) is 2.73. The largest absolute Gasteiger partial charge is 0.465 e. The van der Waals surface area contributed by atoms with Crippen LogP contribution in [0.5, 0.6) is 0 Å². The van der Waals surface area contributed by atoms with Gasteiger partial charge in [-0.15, -0.1) is 0 Å². The van der Waals surface area contributed by atoms with Crippen LogP contribution in [0.2, 0.25) is 0 Å². The van der Waals surface area contributed by atoms with Gasteiger partial charge in [-0.05, 0) is 19.3 Å². The number of rotatable bonds is 3. The summed E-state index contributed by atoms with van der Waals surface area (Å²) >= 11 is 0. The van der Waals surface area contributed by atoms with Crippen LogP contribution in [0.4, 0.5) is 8.78 Å². The zero-order valence-electron chi connectivity index (χ0n) is 9.06. The van der Waals surface area contributed by atoms with E-state index in [4.69, 9.17) is 4.55 Å². The SMILES string of the molecule is O=C1CC2(OC(=O)C(F)(F)S(=O)(=O)O)CCC1C2. The van der Waals surface area contributed by atoms with E-state index in [1.807, 2.05) is 0 Å². The van der Waals surface area contributed by atoms with Crippen LogP contribution < -0.4 is 0 Å². The topological polar surface area (TPSA) is 97.7 Å². The van der Waals surface area contributed by atoms with Gasteiger partial charge in [0.2, 0.25) is 0 Å². The first-order valence-electron chi connectivity index (χ1n) is 5.18. The molecule has 2 atom stereocenters. The van der Waals surface area contributed by atoms with E-state index in [-0.39, 0.29) is 31.0 Å². The number of esters is 1. The minimum absolute atomic E-state index is 0.138. The molecule has 2 bridgehead atoms. The highest BCUT2D eigenvalue weighted by Gasteiger charge is 2.59. The Balaban J connectivity index is 2.16. The molecule has 0 spiro atoms. The van der Waals surface area contributed by atoms with E-state index in [1.165, 1.54) is 0 Å². The van der Waals surface area contributed by atoms with Crippen LogP contribution in [0.1, 0.15) is 25.7 Å². The molecule has 0 radical (unpaired) electrons. The van der Waals surface area contributed by atoms with Crippen molar-refractivity contribution >= 4 is 21.9 Å². The molecule has 18 heavy (non-hydrogen) atoms. The molecule has 2 fully saturated rings. The summed E-state index contributed by atoms with van der Waals surface area (Å²) in [5.74, 6) is -2.82. The van der Waals surface area contributed by atoms with Gasteiger partial charge in [0.05, 0.1) is 0 Å². The molecule has 1 N–H and O–H groups in total. The minimum atomic E-state index is -5.87. The molecule has 0 heterocycles. The fraction of sp³-hybridized carbons (Fsp3) is 0.778. The van der Waals surface area contributed by atoms with E-state index in [9.17, 15) is 26.8 Å². The van der Waals surface area contributed by atoms with Crippen LogP contribution in [0.15, 0.2) is 0 Å². The number of ketones is 1. The molecule has 2 unspecified atom stereocenters. The Kier molecular flexibility index (Phi) is 2.74. The van der Waals surface area contributed by atoms with Gasteiger partial charge in [-0.3, -0.25) is 9.35 Å². The van der Waals surface area contributed by atoms with Gasteiger partial charge in [-0.2, -0.15) is 17.2 Å². The van der Waals surface area contributed by atoms with Gasteiger partial charge in [0.1, 0.15) is 11.4 Å². The predicted octanol–water partition coefficient (Wildman–Crippen LogP) is 0.522. The van der Waals surface area contributed by atoms with Crippen LogP contribution in [0, 0.1) is 5.92 Å². The van der Waals surface area contributed by atoms with Crippen LogP contribution in [-0.2, 0) is 24.4 Å². The quantitative estimate of drug-likeness (QED) is 0.599. The van der Waals surface area contributed by atoms with Gasteiger partial charge in [-0.1, -0.05) is 0 Å². The van der Waals surface area contributed by atoms with E-state index < -0.39 is 26.9 Å². The molecule has 0 saturated heterocycles. The van der Waals surface area contributed by atoms with E-state index in [2.05, 4.69) is 4.74 Å². The normalized spacial score (nSPS) is 31.7. The van der Waals surface area contributed by atoms with Crippen molar-refractivity contribution in [1.82, 2.24) is 0 Å². The number of Topliss-reactive ketones (excluding diaryl/α,β-unsaturated/α-hetero) is 1. The lowest BCUT2D eigenvalue weighted by Gasteiger charge is -2.27. The molecule has 2 aliphatic carbocycles. The maximum absolute atomic E-state index is 13.0. The minimum Gasteiger partial charge on any atom is -0.453 e. The first kappa shape index (κ1) is 13.3. The van der Waals surface area contributed by atoms with E-state index in [0.29, 0.717) is 6.42 Å². The standard InChI is InChI=1S/C9H10F2O6S/c10-9(11,18(14,15)16)7(13)17-8-2-1-5(3-8)6(12)4-8/h5H,1-4H2,(H,14,15,16). The summed E-state index contributed by atoms with van der Waals surface area (Å²) in [6.45, 7) is 0. The number of carbonyl (C=O) groups is 2. The number of ether oxygens (including phenoxy) is 1. The Labute approximate surface area is 101 Å². The van der Waals surface area contributed by atoms with Crippen molar-refractivity contribution in [2.24, 2.45) is 5.92 Å². The lowest BCUT2D eigenvalue weighted by Crippen LogP contribution is -2.44.